The maximum atomic E-state index is 7.52. The summed E-state index contributed by atoms with van der Waals surface area (Å²) in [5, 5.41) is 4.26. The highest BCUT2D eigenvalue weighted by molar-refractivity contribution is 6.27. The van der Waals surface area contributed by atoms with Gasteiger partial charge in [0.05, 0.1) is 16.8 Å². The Kier molecular flexibility index (Phi) is 10.8. The second kappa shape index (κ2) is 18.4. The molecule has 0 amide bonds. The lowest BCUT2D eigenvalue weighted by Gasteiger charge is -2.47. The standard InChI is InChI=1S/C79H58N2O2/c1-49-41-43-55(45-59(49)52-26-9-6-10-27-52)80(54-30-13-8-14-31-54)68-47-65-74(72-57-32-16-23-39-70(57)82-76(68)72)75-66(79(65)63-36-20-18-34-61(63)78(4,5)62-35-19-21-37-64(62)79)48-69(77-73(75)58-33-17-24-40-71(58)83-77)81(67-38-22-15-25-51(67)3)56-44-42-50(2)60(46-56)53-28-11-7-12-29-53/h6-48H,1-5H3. The minimum Gasteiger partial charge on any atom is -0.454 e. The molecule has 0 atom stereocenters. The summed E-state index contributed by atoms with van der Waals surface area (Å²) in [7, 11) is 0. The van der Waals surface area contributed by atoms with Crippen LogP contribution >= 0.6 is 0 Å². The molecule has 0 saturated carbocycles. The zero-order valence-electron chi connectivity index (χ0n) is 47.0. The first-order chi connectivity index (χ1) is 40.7. The van der Waals surface area contributed by atoms with E-state index in [1.807, 2.05) is 0 Å². The molecule has 0 N–H and O–H groups in total. The van der Waals surface area contributed by atoms with Gasteiger partial charge in [0.15, 0.2) is 11.2 Å². The lowest BCUT2D eigenvalue weighted by molar-refractivity contribution is 0.563. The van der Waals surface area contributed by atoms with Gasteiger partial charge in [0.1, 0.15) is 11.2 Å². The fraction of sp³-hybridized carbons (Fsp3) is 0.0886. The van der Waals surface area contributed by atoms with Crippen LogP contribution in [-0.2, 0) is 10.8 Å². The molecule has 2 aliphatic rings. The first kappa shape index (κ1) is 48.7. The van der Waals surface area contributed by atoms with Crippen molar-refractivity contribution in [1.82, 2.24) is 0 Å². The number of aryl methyl sites for hydroxylation is 3. The van der Waals surface area contributed by atoms with Gasteiger partial charge in [0.2, 0.25) is 0 Å². The molecule has 4 nitrogen and oxygen atoms in total. The number of hydrogen-bond acceptors (Lipinski definition) is 4. The summed E-state index contributed by atoms with van der Waals surface area (Å²) >= 11 is 0. The Balaban J connectivity index is 1.11. The quantitative estimate of drug-likeness (QED) is 0.152. The number of furan rings is 2. The van der Waals surface area contributed by atoms with Crippen molar-refractivity contribution in [2.45, 2.75) is 45.4 Å². The molecular weight excluding hydrogens is 1010 g/mol. The van der Waals surface area contributed by atoms with Gasteiger partial charge in [-0.05, 0) is 171 Å². The van der Waals surface area contributed by atoms with Gasteiger partial charge in [-0.1, -0.05) is 208 Å². The first-order valence-electron chi connectivity index (χ1n) is 28.9. The molecule has 0 aliphatic heterocycles. The van der Waals surface area contributed by atoms with Crippen LogP contribution in [0, 0.1) is 20.8 Å². The van der Waals surface area contributed by atoms with Crippen LogP contribution in [-0.4, -0.2) is 0 Å². The number of nitrogens with zero attached hydrogens (tertiary/aromatic N) is 2. The largest absolute Gasteiger partial charge is 0.454 e. The zero-order chi connectivity index (χ0) is 55.7. The predicted octanol–water partition coefficient (Wildman–Crippen LogP) is 21.7. The molecule has 1 spiro atoms. The summed E-state index contributed by atoms with van der Waals surface area (Å²) in [6.07, 6.45) is 0. The number of fused-ring (bicyclic) bond motifs is 17. The van der Waals surface area contributed by atoms with E-state index in [-0.39, 0.29) is 5.41 Å². The van der Waals surface area contributed by atoms with E-state index in [2.05, 4.69) is 305 Å². The average molecular weight is 1070 g/mol. The van der Waals surface area contributed by atoms with Gasteiger partial charge < -0.3 is 18.6 Å². The van der Waals surface area contributed by atoms with Crippen molar-refractivity contribution in [2.75, 3.05) is 9.80 Å². The number of benzene rings is 12. The molecule has 396 valence electrons. The molecule has 2 aliphatic carbocycles. The van der Waals surface area contributed by atoms with Gasteiger partial charge in [-0.25, -0.2) is 0 Å². The molecule has 0 fully saturated rings. The average Bonchev–Trinajstić information content (AvgIpc) is 1.65. The predicted molar refractivity (Wildman–Crippen MR) is 345 cm³/mol. The fourth-order valence-corrected chi connectivity index (χ4v) is 14.5. The first-order valence-corrected chi connectivity index (χ1v) is 28.9. The summed E-state index contributed by atoms with van der Waals surface area (Å²) in [4.78, 5) is 4.91. The molecule has 83 heavy (non-hydrogen) atoms. The summed E-state index contributed by atoms with van der Waals surface area (Å²) in [5.41, 5.74) is 26.2. The van der Waals surface area contributed by atoms with Gasteiger partial charge in [0, 0.05) is 49.7 Å². The van der Waals surface area contributed by atoms with Crippen LogP contribution in [0.5, 0.6) is 0 Å². The molecule has 0 saturated heterocycles. The lowest BCUT2D eigenvalue weighted by Crippen LogP contribution is -2.40. The second-order valence-corrected chi connectivity index (χ2v) is 23.2. The van der Waals surface area contributed by atoms with E-state index in [1.54, 1.807) is 0 Å². The number of hydrogen-bond donors (Lipinski definition) is 0. The van der Waals surface area contributed by atoms with Crippen molar-refractivity contribution in [3.8, 4) is 33.4 Å². The van der Waals surface area contributed by atoms with Crippen LogP contribution in [0.25, 0.3) is 77.3 Å². The van der Waals surface area contributed by atoms with E-state index in [1.165, 1.54) is 66.8 Å². The summed E-state index contributed by atoms with van der Waals surface area (Å²) in [6, 6.07) is 95.9. The molecule has 2 heterocycles. The van der Waals surface area contributed by atoms with Crippen molar-refractivity contribution in [2.24, 2.45) is 0 Å². The second-order valence-electron chi connectivity index (χ2n) is 23.2. The van der Waals surface area contributed by atoms with Crippen LogP contribution in [0.3, 0.4) is 0 Å². The van der Waals surface area contributed by atoms with Crippen LogP contribution in [0.2, 0.25) is 0 Å². The van der Waals surface area contributed by atoms with Crippen molar-refractivity contribution < 1.29 is 8.83 Å². The Labute approximate surface area is 483 Å². The third kappa shape index (κ3) is 7.06. The Morgan fingerprint density at radius 3 is 1.23 bits per heavy atom. The van der Waals surface area contributed by atoms with Gasteiger partial charge in [-0.2, -0.15) is 0 Å². The van der Waals surface area contributed by atoms with Gasteiger partial charge >= 0.3 is 0 Å². The minimum absolute atomic E-state index is 0.347. The van der Waals surface area contributed by atoms with E-state index < -0.39 is 5.41 Å². The SMILES string of the molecule is Cc1ccc(N(c2ccccc2)c2cc3c(c4c2oc2ccccc24)-c2c(cc(N(c4ccc(C)c(-c5ccccc5)c4)c4ccccc4C)c4oc5ccccc5c24)C32c3ccccc3C(C)(C)c3ccccc32)cc1-c1ccccc1. The molecule has 12 aromatic carbocycles. The molecule has 16 rings (SSSR count). The molecule has 4 heteroatoms. The van der Waals surface area contributed by atoms with Crippen LogP contribution in [0.1, 0.15) is 63.9 Å². The van der Waals surface area contributed by atoms with E-state index in [9.17, 15) is 0 Å². The normalized spacial score (nSPS) is 13.6. The Hall–Kier alpha value is -10.2. The monoisotopic (exact) mass is 1070 g/mol. The smallest absolute Gasteiger partial charge is 0.160 e. The van der Waals surface area contributed by atoms with E-state index >= 15 is 0 Å². The highest BCUT2D eigenvalue weighted by atomic mass is 16.3. The maximum absolute atomic E-state index is 7.52. The molecule has 0 unspecified atom stereocenters. The summed E-state index contributed by atoms with van der Waals surface area (Å²) < 4.78 is 15.0. The van der Waals surface area contributed by atoms with E-state index in [4.69, 9.17) is 8.83 Å². The highest BCUT2D eigenvalue weighted by Crippen LogP contribution is 2.68. The zero-order valence-corrected chi connectivity index (χ0v) is 47.0. The Morgan fingerprint density at radius 2 is 0.723 bits per heavy atom. The highest BCUT2D eigenvalue weighted by Gasteiger charge is 2.56. The topological polar surface area (TPSA) is 32.8 Å². The van der Waals surface area contributed by atoms with Crippen LogP contribution in [0.15, 0.2) is 270 Å². The van der Waals surface area contributed by atoms with Crippen molar-refractivity contribution in [3.05, 3.63) is 311 Å². The van der Waals surface area contributed by atoms with E-state index in [0.29, 0.717) is 0 Å². The number of para-hydroxylation sites is 4. The van der Waals surface area contributed by atoms with Gasteiger partial charge in [-0.15, -0.1) is 0 Å². The van der Waals surface area contributed by atoms with Crippen molar-refractivity contribution in [3.63, 3.8) is 0 Å². The Bertz CT molecular complexity index is 4880. The third-order valence-electron chi connectivity index (χ3n) is 18.3. The minimum atomic E-state index is -0.874. The number of rotatable bonds is 8. The number of anilines is 6. The summed E-state index contributed by atoms with van der Waals surface area (Å²) in [5.74, 6) is 0. The summed E-state index contributed by atoms with van der Waals surface area (Å²) in [6.45, 7) is 11.5. The molecule has 0 bridgehead atoms. The molecular formula is C79H58N2O2. The van der Waals surface area contributed by atoms with Crippen LogP contribution < -0.4 is 9.80 Å². The van der Waals surface area contributed by atoms with Gasteiger partial charge in [0.25, 0.3) is 0 Å². The molecule has 2 aromatic heterocycles. The Morgan fingerprint density at radius 1 is 0.313 bits per heavy atom. The van der Waals surface area contributed by atoms with Crippen LogP contribution in [0.4, 0.5) is 34.1 Å². The van der Waals surface area contributed by atoms with E-state index in [0.717, 1.165) is 94.7 Å². The van der Waals surface area contributed by atoms with Gasteiger partial charge in [-0.3, -0.25) is 0 Å². The maximum Gasteiger partial charge on any atom is 0.160 e. The lowest BCUT2D eigenvalue weighted by atomic mass is 9.55. The molecule has 0 radical (unpaired) electrons. The molecule has 14 aromatic rings. The van der Waals surface area contributed by atoms with Crippen molar-refractivity contribution in [1.29, 1.82) is 0 Å². The third-order valence-corrected chi connectivity index (χ3v) is 18.3. The fourth-order valence-electron chi connectivity index (χ4n) is 14.5. The van der Waals surface area contributed by atoms with Crippen molar-refractivity contribution >= 4 is 78.0 Å².